The molecule has 1 amide bonds. The minimum absolute atomic E-state index is 0.00440. The van der Waals surface area contributed by atoms with Gasteiger partial charge in [0.15, 0.2) is 0 Å². The molecule has 1 rings (SSSR count). The lowest BCUT2D eigenvalue weighted by molar-refractivity contribution is -0.137. The molecule has 0 saturated carbocycles. The third kappa shape index (κ3) is 2.45. The number of hydrogen-bond donors (Lipinski definition) is 1. The van der Waals surface area contributed by atoms with Crippen molar-refractivity contribution in [2.24, 2.45) is 5.92 Å². The lowest BCUT2D eigenvalue weighted by Gasteiger charge is -2.24. The first kappa shape index (κ1) is 11.5. The molecule has 0 bridgehead atoms. The molecule has 1 aliphatic rings. The van der Waals surface area contributed by atoms with E-state index in [0.717, 1.165) is 13.0 Å². The van der Waals surface area contributed by atoms with Crippen LogP contribution in [0.3, 0.4) is 0 Å². The Morgan fingerprint density at radius 3 is 2.93 bits per heavy atom. The molecule has 0 aromatic carbocycles. The van der Waals surface area contributed by atoms with E-state index in [0.29, 0.717) is 12.5 Å². The van der Waals surface area contributed by atoms with Crippen LogP contribution in [0.4, 0.5) is 0 Å². The van der Waals surface area contributed by atoms with Gasteiger partial charge in [-0.25, -0.2) is 0 Å². The van der Waals surface area contributed by atoms with Crippen LogP contribution in [0, 0.1) is 5.92 Å². The average molecular weight is 201 g/mol. The molecule has 82 valence electrons. The quantitative estimate of drug-likeness (QED) is 0.709. The van der Waals surface area contributed by atoms with Gasteiger partial charge in [-0.3, -0.25) is 4.79 Å². The molecule has 1 saturated heterocycles. The average Bonchev–Trinajstić information content (AvgIpc) is 2.55. The Morgan fingerprint density at radius 1 is 1.64 bits per heavy atom. The third-order valence-electron chi connectivity index (χ3n) is 2.82. The van der Waals surface area contributed by atoms with E-state index in [1.54, 1.807) is 4.90 Å². The number of carbonyl (C=O) groups excluding carboxylic acids is 1. The molecule has 2 atom stereocenters. The summed E-state index contributed by atoms with van der Waals surface area (Å²) in [6, 6.07) is -0.0112. The lowest BCUT2D eigenvalue weighted by Crippen LogP contribution is -2.41. The Morgan fingerprint density at radius 2 is 2.36 bits per heavy atom. The van der Waals surface area contributed by atoms with Crippen LogP contribution in [0.25, 0.3) is 0 Å². The van der Waals surface area contributed by atoms with Gasteiger partial charge in [0.05, 0.1) is 12.6 Å². The molecule has 0 spiro atoms. The van der Waals surface area contributed by atoms with Crippen LogP contribution in [0.1, 0.15) is 20.3 Å². The van der Waals surface area contributed by atoms with E-state index in [-0.39, 0.29) is 25.2 Å². The van der Waals surface area contributed by atoms with E-state index in [1.165, 1.54) is 0 Å². The first-order chi connectivity index (χ1) is 6.70. The molecule has 4 heteroatoms. The highest BCUT2D eigenvalue weighted by Crippen LogP contribution is 2.23. The second kappa shape index (κ2) is 5.32. The largest absolute Gasteiger partial charge is 0.394 e. The standard InChI is InChI=1S/C10H19NO3/c1-3-14-7-10(13)11-5-4-8(2)9(11)6-12/h8-9,12H,3-7H2,1-2H3. The van der Waals surface area contributed by atoms with Crippen LogP contribution in [-0.4, -0.2) is 48.3 Å². The minimum Gasteiger partial charge on any atom is -0.394 e. The molecule has 1 aliphatic heterocycles. The number of ether oxygens (including phenoxy) is 1. The van der Waals surface area contributed by atoms with Crippen LogP contribution < -0.4 is 0 Å². The normalized spacial score (nSPS) is 26.9. The van der Waals surface area contributed by atoms with Gasteiger partial charge in [-0.2, -0.15) is 0 Å². The Balaban J connectivity index is 2.46. The third-order valence-corrected chi connectivity index (χ3v) is 2.82. The summed E-state index contributed by atoms with van der Waals surface area (Å²) in [5.41, 5.74) is 0. The Bertz CT molecular complexity index is 196. The highest BCUT2D eigenvalue weighted by molar-refractivity contribution is 5.78. The Kier molecular flexibility index (Phi) is 4.35. The van der Waals surface area contributed by atoms with Crippen molar-refractivity contribution in [3.8, 4) is 0 Å². The summed E-state index contributed by atoms with van der Waals surface area (Å²) in [6.07, 6.45) is 0.975. The number of amides is 1. The van der Waals surface area contributed by atoms with Crippen molar-refractivity contribution in [3.63, 3.8) is 0 Å². The van der Waals surface area contributed by atoms with Gasteiger partial charge in [0.2, 0.25) is 5.91 Å². The zero-order valence-electron chi connectivity index (χ0n) is 8.90. The Labute approximate surface area is 84.8 Å². The summed E-state index contributed by atoms with van der Waals surface area (Å²) < 4.78 is 5.06. The number of hydrogen-bond acceptors (Lipinski definition) is 3. The van der Waals surface area contributed by atoms with Crippen molar-refractivity contribution >= 4 is 5.91 Å². The van der Waals surface area contributed by atoms with Crippen LogP contribution in [0.5, 0.6) is 0 Å². The van der Waals surface area contributed by atoms with Gasteiger partial charge in [-0.15, -0.1) is 0 Å². The zero-order valence-corrected chi connectivity index (χ0v) is 8.90. The number of rotatable bonds is 4. The zero-order chi connectivity index (χ0) is 10.6. The van der Waals surface area contributed by atoms with E-state index in [1.807, 2.05) is 6.92 Å². The first-order valence-electron chi connectivity index (χ1n) is 5.18. The predicted octanol–water partition coefficient (Wildman–Crippen LogP) is 0.252. The van der Waals surface area contributed by atoms with Gasteiger partial charge in [0.25, 0.3) is 0 Å². The van der Waals surface area contributed by atoms with Gasteiger partial charge < -0.3 is 14.7 Å². The van der Waals surface area contributed by atoms with Crippen LogP contribution in [0.2, 0.25) is 0 Å². The van der Waals surface area contributed by atoms with Crippen LogP contribution >= 0.6 is 0 Å². The number of nitrogens with zero attached hydrogens (tertiary/aromatic N) is 1. The fourth-order valence-corrected chi connectivity index (χ4v) is 1.87. The molecular weight excluding hydrogens is 182 g/mol. The molecule has 1 N–H and O–H groups in total. The van der Waals surface area contributed by atoms with Gasteiger partial charge in [0, 0.05) is 13.2 Å². The highest BCUT2D eigenvalue weighted by atomic mass is 16.5. The SMILES string of the molecule is CCOCC(=O)N1CCC(C)C1CO. The summed E-state index contributed by atoms with van der Waals surface area (Å²) in [5, 5.41) is 9.15. The van der Waals surface area contributed by atoms with Crippen molar-refractivity contribution in [3.05, 3.63) is 0 Å². The summed E-state index contributed by atoms with van der Waals surface area (Å²) in [4.78, 5) is 13.3. The van der Waals surface area contributed by atoms with Crippen molar-refractivity contribution in [1.82, 2.24) is 4.90 Å². The van der Waals surface area contributed by atoms with Crippen molar-refractivity contribution < 1.29 is 14.6 Å². The highest BCUT2D eigenvalue weighted by Gasteiger charge is 2.33. The van der Waals surface area contributed by atoms with Crippen molar-refractivity contribution in [2.75, 3.05) is 26.4 Å². The summed E-state index contributed by atoms with van der Waals surface area (Å²) >= 11 is 0. The van der Waals surface area contributed by atoms with Gasteiger partial charge in [0.1, 0.15) is 6.61 Å². The molecule has 0 aromatic rings. The second-order valence-corrected chi connectivity index (χ2v) is 3.74. The molecule has 4 nitrogen and oxygen atoms in total. The van der Waals surface area contributed by atoms with E-state index >= 15 is 0 Å². The van der Waals surface area contributed by atoms with Gasteiger partial charge in [-0.05, 0) is 19.3 Å². The lowest BCUT2D eigenvalue weighted by atomic mass is 10.0. The van der Waals surface area contributed by atoms with E-state index in [2.05, 4.69) is 6.92 Å². The number of carbonyl (C=O) groups is 1. The van der Waals surface area contributed by atoms with Crippen molar-refractivity contribution in [2.45, 2.75) is 26.3 Å². The van der Waals surface area contributed by atoms with E-state index in [9.17, 15) is 4.79 Å². The van der Waals surface area contributed by atoms with Gasteiger partial charge in [-0.1, -0.05) is 6.92 Å². The summed E-state index contributed by atoms with van der Waals surface area (Å²) in [6.45, 7) is 5.42. The fraction of sp³-hybridized carbons (Fsp3) is 0.900. The first-order valence-corrected chi connectivity index (χ1v) is 5.18. The monoisotopic (exact) mass is 201 g/mol. The minimum atomic E-state index is -0.0112. The Hall–Kier alpha value is -0.610. The molecule has 0 aliphatic carbocycles. The molecular formula is C10H19NO3. The molecule has 1 fully saturated rings. The maximum absolute atomic E-state index is 11.6. The van der Waals surface area contributed by atoms with Crippen molar-refractivity contribution in [1.29, 1.82) is 0 Å². The topological polar surface area (TPSA) is 49.8 Å². The van der Waals surface area contributed by atoms with Crippen LogP contribution in [-0.2, 0) is 9.53 Å². The second-order valence-electron chi connectivity index (χ2n) is 3.74. The van der Waals surface area contributed by atoms with Gasteiger partial charge >= 0.3 is 0 Å². The number of aliphatic hydroxyl groups is 1. The maximum atomic E-state index is 11.6. The molecule has 0 aromatic heterocycles. The summed E-state index contributed by atoms with van der Waals surface area (Å²) in [7, 11) is 0. The summed E-state index contributed by atoms with van der Waals surface area (Å²) in [5.74, 6) is 0.390. The molecule has 1 heterocycles. The molecule has 0 radical (unpaired) electrons. The number of likely N-dealkylation sites (tertiary alicyclic amines) is 1. The fourth-order valence-electron chi connectivity index (χ4n) is 1.87. The van der Waals surface area contributed by atoms with Crippen LogP contribution in [0.15, 0.2) is 0 Å². The van der Waals surface area contributed by atoms with E-state index < -0.39 is 0 Å². The molecule has 2 unspecified atom stereocenters. The predicted molar refractivity (Wildman–Crippen MR) is 52.9 cm³/mol. The number of aliphatic hydroxyl groups excluding tert-OH is 1. The molecule has 14 heavy (non-hydrogen) atoms. The smallest absolute Gasteiger partial charge is 0.248 e. The maximum Gasteiger partial charge on any atom is 0.248 e. The van der Waals surface area contributed by atoms with E-state index in [4.69, 9.17) is 9.84 Å².